The average molecular weight is 442 g/mol. The fourth-order valence-electron chi connectivity index (χ4n) is 4.33. The molecular weight excluding hydrogens is 386 g/mol. The second-order valence-corrected chi connectivity index (χ2v) is 9.56. The Morgan fingerprint density at radius 3 is 1.26 bits per heavy atom. The highest BCUT2D eigenvalue weighted by molar-refractivity contribution is 5.73. The molecule has 0 aromatic heterocycles. The van der Waals surface area contributed by atoms with Crippen LogP contribution in [-0.4, -0.2) is 34.9 Å². The minimum absolute atomic E-state index is 0.207. The van der Waals surface area contributed by atoms with Gasteiger partial charge < -0.3 is 15.5 Å². The van der Waals surface area contributed by atoms with Crippen LogP contribution in [0.15, 0.2) is 0 Å². The first kappa shape index (κ1) is 30.4. The first-order chi connectivity index (χ1) is 15.1. The number of nitrogens with one attached hydrogen (secondary N) is 1. The van der Waals surface area contributed by atoms with Crippen molar-refractivity contribution in [2.24, 2.45) is 0 Å². The maximum atomic E-state index is 11.0. The zero-order valence-electron chi connectivity index (χ0n) is 21.0. The Kier molecular flexibility index (Phi) is 23.6. The number of hydrogen-bond acceptors (Lipinski definition) is 3. The van der Waals surface area contributed by atoms with Crippen LogP contribution in [0.25, 0.3) is 0 Å². The molecule has 0 radical (unpaired) electrons. The number of unbranched alkanes of at least 4 members (excludes halogenated alkanes) is 19. The van der Waals surface area contributed by atoms with Crippen molar-refractivity contribution in [3.8, 4) is 0 Å². The van der Waals surface area contributed by atoms with Crippen molar-refractivity contribution in [3.63, 3.8) is 0 Å². The van der Waals surface area contributed by atoms with Gasteiger partial charge >= 0.3 is 0 Å². The van der Waals surface area contributed by atoms with Crippen molar-refractivity contribution in [3.05, 3.63) is 0 Å². The fourth-order valence-corrected chi connectivity index (χ4v) is 4.33. The summed E-state index contributed by atoms with van der Waals surface area (Å²) in [4.78, 5) is 11.0. The number of hydrogen-bond donors (Lipinski definition) is 3. The summed E-state index contributed by atoms with van der Waals surface area (Å²) in [5.74, 6) is -0.207. The van der Waals surface area contributed by atoms with Gasteiger partial charge in [0.25, 0.3) is 0 Å². The quantitative estimate of drug-likeness (QED) is 0.140. The second-order valence-electron chi connectivity index (χ2n) is 9.56. The third-order valence-electron chi connectivity index (χ3n) is 6.40. The van der Waals surface area contributed by atoms with E-state index in [1.165, 1.54) is 122 Å². The number of aliphatic hydroxyl groups is 2. The van der Waals surface area contributed by atoms with Crippen LogP contribution >= 0.6 is 0 Å². The minimum atomic E-state index is -0.649. The van der Waals surface area contributed by atoms with Gasteiger partial charge in [-0.25, -0.2) is 0 Å². The summed E-state index contributed by atoms with van der Waals surface area (Å²) < 4.78 is 0. The topological polar surface area (TPSA) is 69.6 Å². The normalized spacial score (nSPS) is 13.3. The molecule has 2 unspecified atom stereocenters. The smallest absolute Gasteiger partial charge is 0.217 e. The molecule has 0 heterocycles. The van der Waals surface area contributed by atoms with Gasteiger partial charge in [0, 0.05) is 6.92 Å². The fraction of sp³-hybridized carbons (Fsp3) is 0.963. The Labute approximate surface area is 194 Å². The second kappa shape index (κ2) is 24.0. The van der Waals surface area contributed by atoms with Crippen LogP contribution in [0, 0.1) is 0 Å². The first-order valence-corrected chi connectivity index (χ1v) is 13.7. The van der Waals surface area contributed by atoms with Gasteiger partial charge in [0.1, 0.15) is 0 Å². The van der Waals surface area contributed by atoms with Crippen LogP contribution < -0.4 is 5.32 Å². The average Bonchev–Trinajstić information content (AvgIpc) is 2.75. The lowest BCUT2D eigenvalue weighted by atomic mass is 10.0. The predicted molar refractivity (Wildman–Crippen MR) is 133 cm³/mol. The maximum Gasteiger partial charge on any atom is 0.217 e. The Morgan fingerprint density at radius 2 is 0.968 bits per heavy atom. The molecule has 0 aliphatic heterocycles. The van der Waals surface area contributed by atoms with Gasteiger partial charge in [-0.2, -0.15) is 0 Å². The zero-order valence-corrected chi connectivity index (χ0v) is 21.0. The molecule has 3 N–H and O–H groups in total. The molecule has 0 saturated carbocycles. The van der Waals surface area contributed by atoms with E-state index in [1.807, 2.05) is 0 Å². The highest BCUT2D eigenvalue weighted by Gasteiger charge is 2.18. The van der Waals surface area contributed by atoms with E-state index in [0.29, 0.717) is 6.42 Å². The van der Waals surface area contributed by atoms with Crippen LogP contribution in [0.2, 0.25) is 0 Å². The molecule has 2 atom stereocenters. The molecule has 0 saturated heterocycles. The summed E-state index contributed by atoms with van der Waals surface area (Å²) in [6.07, 6.45) is 27.2. The lowest BCUT2D eigenvalue weighted by molar-refractivity contribution is -0.121. The summed E-state index contributed by atoms with van der Waals surface area (Å²) in [5.41, 5.74) is 0. The molecule has 31 heavy (non-hydrogen) atoms. The lowest BCUT2D eigenvalue weighted by Crippen LogP contribution is -2.44. The standard InChI is InChI=1S/C27H55NO3/c1-3-4-5-6-7-8-9-10-11-12-13-14-15-16-17-18-19-20-21-22-23-27(31)26(24-29)28-25(2)30/h26-27,29,31H,3-24H2,1-2H3,(H,28,30). The van der Waals surface area contributed by atoms with Gasteiger partial charge in [0.2, 0.25) is 5.91 Å². The van der Waals surface area contributed by atoms with Crippen molar-refractivity contribution in [1.29, 1.82) is 0 Å². The summed E-state index contributed by atoms with van der Waals surface area (Å²) in [6, 6.07) is -0.530. The van der Waals surface area contributed by atoms with Crippen molar-refractivity contribution in [1.82, 2.24) is 5.32 Å². The summed E-state index contributed by atoms with van der Waals surface area (Å²) in [6.45, 7) is 3.49. The highest BCUT2D eigenvalue weighted by atomic mass is 16.3. The van der Waals surface area contributed by atoms with Gasteiger partial charge in [-0.05, 0) is 6.42 Å². The van der Waals surface area contributed by atoms with E-state index in [4.69, 9.17) is 0 Å². The largest absolute Gasteiger partial charge is 0.394 e. The molecule has 186 valence electrons. The molecule has 0 aromatic rings. The number of amides is 1. The van der Waals surface area contributed by atoms with E-state index in [1.54, 1.807) is 0 Å². The molecule has 0 rings (SSSR count). The van der Waals surface area contributed by atoms with Crippen LogP contribution in [0.3, 0.4) is 0 Å². The Hall–Kier alpha value is -0.610. The Morgan fingerprint density at radius 1 is 0.645 bits per heavy atom. The molecule has 0 fully saturated rings. The van der Waals surface area contributed by atoms with E-state index < -0.39 is 12.1 Å². The molecule has 0 aliphatic carbocycles. The van der Waals surface area contributed by atoms with Gasteiger partial charge in [0.05, 0.1) is 18.8 Å². The molecule has 4 heteroatoms. The summed E-state index contributed by atoms with van der Waals surface area (Å²) in [7, 11) is 0. The van der Waals surface area contributed by atoms with Gasteiger partial charge in [-0.1, -0.05) is 135 Å². The van der Waals surface area contributed by atoms with Crippen LogP contribution in [0.1, 0.15) is 149 Å². The van der Waals surface area contributed by atoms with Gasteiger partial charge in [-0.3, -0.25) is 4.79 Å². The molecule has 0 aliphatic rings. The molecule has 4 nitrogen and oxygen atoms in total. The van der Waals surface area contributed by atoms with Crippen LogP contribution in [0.5, 0.6) is 0 Å². The Bertz CT molecular complexity index is 375. The van der Waals surface area contributed by atoms with Crippen LogP contribution in [0.4, 0.5) is 0 Å². The van der Waals surface area contributed by atoms with Gasteiger partial charge in [-0.15, -0.1) is 0 Å². The van der Waals surface area contributed by atoms with E-state index in [9.17, 15) is 15.0 Å². The number of aliphatic hydroxyl groups excluding tert-OH is 2. The van der Waals surface area contributed by atoms with Crippen molar-refractivity contribution in [2.75, 3.05) is 6.61 Å². The number of carbonyl (C=O) groups is 1. The van der Waals surface area contributed by atoms with Crippen molar-refractivity contribution < 1.29 is 15.0 Å². The molecule has 0 aromatic carbocycles. The first-order valence-electron chi connectivity index (χ1n) is 13.7. The van der Waals surface area contributed by atoms with E-state index in [-0.39, 0.29) is 12.5 Å². The number of rotatable bonds is 24. The maximum absolute atomic E-state index is 11.0. The van der Waals surface area contributed by atoms with Crippen LogP contribution in [-0.2, 0) is 4.79 Å². The predicted octanol–water partition coefficient (Wildman–Crippen LogP) is 7.06. The van der Waals surface area contributed by atoms with E-state index >= 15 is 0 Å². The minimum Gasteiger partial charge on any atom is -0.394 e. The lowest BCUT2D eigenvalue weighted by Gasteiger charge is -2.21. The van der Waals surface area contributed by atoms with Crippen molar-refractivity contribution in [2.45, 2.75) is 161 Å². The third kappa shape index (κ3) is 22.4. The molecule has 0 spiro atoms. The van der Waals surface area contributed by atoms with E-state index in [0.717, 1.165) is 12.8 Å². The summed E-state index contributed by atoms with van der Waals surface area (Å²) in [5, 5.41) is 21.9. The zero-order chi connectivity index (χ0) is 23.0. The number of carbonyl (C=O) groups excluding carboxylic acids is 1. The molecule has 0 bridgehead atoms. The Balaban J connectivity index is 3.22. The van der Waals surface area contributed by atoms with Gasteiger partial charge in [0.15, 0.2) is 0 Å². The van der Waals surface area contributed by atoms with Crippen molar-refractivity contribution >= 4 is 5.91 Å². The summed E-state index contributed by atoms with van der Waals surface area (Å²) >= 11 is 0. The monoisotopic (exact) mass is 441 g/mol. The molecule has 1 amide bonds. The third-order valence-corrected chi connectivity index (χ3v) is 6.40. The van der Waals surface area contributed by atoms with E-state index in [2.05, 4.69) is 12.2 Å². The SMILES string of the molecule is CCCCCCCCCCCCCCCCCCCCCCC(O)C(CO)NC(C)=O. The highest BCUT2D eigenvalue weighted by Crippen LogP contribution is 2.15. The molecular formula is C27H55NO3.